The standard InChI is InChI=1S/C15H16F2N4O3/c1-23-11-7-9(4-5-10(11)24-15(16)17)14(22)18-8-13-20-19-12-3-2-6-21(12)13/h4-5,7,15H,2-3,6,8H2,1H3,(H,18,22). The number of alkyl halides is 2. The molecule has 0 saturated carbocycles. The van der Waals surface area contributed by atoms with Crippen molar-refractivity contribution in [2.75, 3.05) is 7.11 Å². The number of fused-ring (bicyclic) bond motifs is 1. The number of hydrogen-bond donors (Lipinski definition) is 1. The highest BCUT2D eigenvalue weighted by Crippen LogP contribution is 2.29. The van der Waals surface area contributed by atoms with Crippen molar-refractivity contribution in [2.24, 2.45) is 0 Å². The number of carbonyl (C=O) groups excluding carboxylic acids is 1. The van der Waals surface area contributed by atoms with Crippen LogP contribution in [0.25, 0.3) is 0 Å². The molecule has 0 bridgehead atoms. The van der Waals surface area contributed by atoms with Gasteiger partial charge >= 0.3 is 6.61 Å². The van der Waals surface area contributed by atoms with E-state index in [0.29, 0.717) is 5.82 Å². The van der Waals surface area contributed by atoms with Gasteiger partial charge < -0.3 is 19.4 Å². The van der Waals surface area contributed by atoms with Crippen LogP contribution in [0.15, 0.2) is 18.2 Å². The molecule has 1 aromatic heterocycles. The molecule has 0 radical (unpaired) electrons. The summed E-state index contributed by atoms with van der Waals surface area (Å²) in [7, 11) is 1.31. The summed E-state index contributed by atoms with van der Waals surface area (Å²) >= 11 is 0. The van der Waals surface area contributed by atoms with Gasteiger partial charge in [0.2, 0.25) is 0 Å². The predicted octanol–water partition coefficient (Wildman–Crippen LogP) is 1.76. The Labute approximate surface area is 136 Å². The van der Waals surface area contributed by atoms with Gasteiger partial charge in [-0.1, -0.05) is 0 Å². The number of carbonyl (C=O) groups is 1. The molecular formula is C15H16F2N4O3. The third kappa shape index (κ3) is 3.29. The average Bonchev–Trinajstić information content (AvgIpc) is 3.16. The van der Waals surface area contributed by atoms with Gasteiger partial charge in [0, 0.05) is 18.5 Å². The van der Waals surface area contributed by atoms with E-state index in [4.69, 9.17) is 4.74 Å². The van der Waals surface area contributed by atoms with E-state index in [1.165, 1.54) is 25.3 Å². The minimum atomic E-state index is -2.96. The van der Waals surface area contributed by atoms with Gasteiger partial charge in [-0.3, -0.25) is 4.79 Å². The van der Waals surface area contributed by atoms with Crippen molar-refractivity contribution in [3.63, 3.8) is 0 Å². The summed E-state index contributed by atoms with van der Waals surface area (Å²) in [5.74, 6) is 1.19. The van der Waals surface area contributed by atoms with Crippen molar-refractivity contribution < 1.29 is 23.0 Å². The second-order valence-corrected chi connectivity index (χ2v) is 5.21. The summed E-state index contributed by atoms with van der Waals surface area (Å²) in [5.41, 5.74) is 0.273. The number of nitrogens with zero attached hydrogens (tertiary/aromatic N) is 3. The lowest BCUT2D eigenvalue weighted by molar-refractivity contribution is -0.0512. The highest BCUT2D eigenvalue weighted by Gasteiger charge is 2.18. The number of rotatable bonds is 6. The fraction of sp³-hybridized carbons (Fsp3) is 0.400. The molecule has 0 aliphatic carbocycles. The molecular weight excluding hydrogens is 322 g/mol. The first kappa shape index (κ1) is 16.2. The fourth-order valence-electron chi connectivity index (χ4n) is 2.61. The zero-order valence-corrected chi connectivity index (χ0v) is 13.0. The minimum absolute atomic E-state index is 0.0614. The number of methoxy groups -OCH3 is 1. The molecule has 1 amide bonds. The van der Waals surface area contributed by atoms with Crippen LogP contribution >= 0.6 is 0 Å². The number of benzene rings is 1. The molecule has 1 aliphatic rings. The molecule has 1 N–H and O–H groups in total. The summed E-state index contributed by atoms with van der Waals surface area (Å²) < 4.78 is 35.9. The Hall–Kier alpha value is -2.71. The van der Waals surface area contributed by atoms with E-state index in [1.807, 2.05) is 4.57 Å². The lowest BCUT2D eigenvalue weighted by atomic mass is 10.2. The largest absolute Gasteiger partial charge is 0.493 e. The van der Waals surface area contributed by atoms with E-state index >= 15 is 0 Å². The minimum Gasteiger partial charge on any atom is -0.493 e. The van der Waals surface area contributed by atoms with Crippen molar-refractivity contribution in [1.82, 2.24) is 20.1 Å². The van der Waals surface area contributed by atoms with E-state index in [9.17, 15) is 13.6 Å². The Morgan fingerprint density at radius 3 is 2.96 bits per heavy atom. The normalized spacial score (nSPS) is 13.0. The van der Waals surface area contributed by atoms with Gasteiger partial charge in [-0.15, -0.1) is 10.2 Å². The van der Waals surface area contributed by atoms with Crippen molar-refractivity contribution in [3.8, 4) is 11.5 Å². The number of amides is 1. The quantitative estimate of drug-likeness (QED) is 0.868. The van der Waals surface area contributed by atoms with Crippen molar-refractivity contribution in [1.29, 1.82) is 0 Å². The first-order valence-corrected chi connectivity index (χ1v) is 7.40. The van der Waals surface area contributed by atoms with Crippen LogP contribution in [-0.4, -0.2) is 34.4 Å². The maximum Gasteiger partial charge on any atom is 0.387 e. The molecule has 24 heavy (non-hydrogen) atoms. The summed E-state index contributed by atoms with van der Waals surface area (Å²) in [4.78, 5) is 12.2. The first-order valence-electron chi connectivity index (χ1n) is 7.40. The first-order chi connectivity index (χ1) is 11.6. The van der Waals surface area contributed by atoms with E-state index in [-0.39, 0.29) is 29.5 Å². The Balaban J connectivity index is 1.68. The molecule has 128 valence electrons. The summed E-state index contributed by atoms with van der Waals surface area (Å²) in [6.07, 6.45) is 1.92. The summed E-state index contributed by atoms with van der Waals surface area (Å²) in [6.45, 7) is -1.88. The topological polar surface area (TPSA) is 78.3 Å². The van der Waals surface area contributed by atoms with E-state index < -0.39 is 6.61 Å². The highest BCUT2D eigenvalue weighted by molar-refractivity contribution is 5.94. The Morgan fingerprint density at radius 2 is 2.21 bits per heavy atom. The van der Waals surface area contributed by atoms with Crippen molar-refractivity contribution in [2.45, 2.75) is 32.5 Å². The number of halogens is 2. The van der Waals surface area contributed by atoms with Gasteiger partial charge in [0.15, 0.2) is 17.3 Å². The van der Waals surface area contributed by atoms with Gasteiger partial charge in [0.1, 0.15) is 5.82 Å². The van der Waals surface area contributed by atoms with Crippen LogP contribution in [0, 0.1) is 0 Å². The van der Waals surface area contributed by atoms with E-state index in [2.05, 4.69) is 20.3 Å². The maximum absolute atomic E-state index is 12.3. The third-order valence-corrected chi connectivity index (χ3v) is 3.74. The third-order valence-electron chi connectivity index (χ3n) is 3.74. The lowest BCUT2D eigenvalue weighted by Crippen LogP contribution is -2.24. The molecule has 2 aromatic rings. The zero-order valence-electron chi connectivity index (χ0n) is 13.0. The molecule has 0 fully saturated rings. The van der Waals surface area contributed by atoms with Crippen LogP contribution in [0.1, 0.15) is 28.4 Å². The van der Waals surface area contributed by atoms with Gasteiger partial charge in [-0.2, -0.15) is 8.78 Å². The lowest BCUT2D eigenvalue weighted by Gasteiger charge is -2.11. The highest BCUT2D eigenvalue weighted by atomic mass is 19.3. The molecule has 9 heteroatoms. The van der Waals surface area contributed by atoms with Crippen LogP contribution < -0.4 is 14.8 Å². The Bertz CT molecular complexity index is 748. The van der Waals surface area contributed by atoms with Gasteiger partial charge in [-0.05, 0) is 24.6 Å². The molecule has 0 spiro atoms. The van der Waals surface area contributed by atoms with Crippen LogP contribution in [0.3, 0.4) is 0 Å². The van der Waals surface area contributed by atoms with E-state index in [1.54, 1.807) is 0 Å². The SMILES string of the molecule is COc1cc(C(=O)NCc2nnc3n2CCC3)ccc1OC(F)F. The number of nitrogens with one attached hydrogen (secondary N) is 1. The zero-order chi connectivity index (χ0) is 17.1. The molecule has 0 unspecified atom stereocenters. The van der Waals surface area contributed by atoms with E-state index in [0.717, 1.165) is 25.2 Å². The second kappa shape index (κ2) is 6.81. The Kier molecular flexibility index (Phi) is 4.59. The fourth-order valence-corrected chi connectivity index (χ4v) is 2.61. The molecule has 1 aromatic carbocycles. The summed E-state index contributed by atoms with van der Waals surface area (Å²) in [6, 6.07) is 4.01. The van der Waals surface area contributed by atoms with Crippen LogP contribution in [-0.2, 0) is 19.5 Å². The van der Waals surface area contributed by atoms with Gasteiger partial charge in [0.05, 0.1) is 13.7 Å². The van der Waals surface area contributed by atoms with Crippen LogP contribution in [0.5, 0.6) is 11.5 Å². The molecule has 3 rings (SSSR count). The number of aryl methyl sites for hydroxylation is 1. The number of aromatic nitrogens is 3. The maximum atomic E-state index is 12.3. The molecule has 0 saturated heterocycles. The smallest absolute Gasteiger partial charge is 0.387 e. The van der Waals surface area contributed by atoms with Gasteiger partial charge in [0.25, 0.3) is 5.91 Å². The summed E-state index contributed by atoms with van der Waals surface area (Å²) in [5, 5.41) is 10.9. The Morgan fingerprint density at radius 1 is 1.38 bits per heavy atom. The number of hydrogen-bond acceptors (Lipinski definition) is 5. The average molecular weight is 338 g/mol. The van der Waals surface area contributed by atoms with Crippen LogP contribution in [0.2, 0.25) is 0 Å². The van der Waals surface area contributed by atoms with Gasteiger partial charge in [-0.25, -0.2) is 0 Å². The van der Waals surface area contributed by atoms with Crippen molar-refractivity contribution in [3.05, 3.63) is 35.4 Å². The number of ether oxygens (including phenoxy) is 2. The van der Waals surface area contributed by atoms with Crippen LogP contribution in [0.4, 0.5) is 8.78 Å². The molecule has 7 nitrogen and oxygen atoms in total. The van der Waals surface area contributed by atoms with Crippen molar-refractivity contribution >= 4 is 5.91 Å². The monoisotopic (exact) mass is 338 g/mol. The predicted molar refractivity (Wildman–Crippen MR) is 79.1 cm³/mol. The molecule has 2 heterocycles. The molecule has 0 atom stereocenters. The molecule has 1 aliphatic heterocycles. The second-order valence-electron chi connectivity index (χ2n) is 5.21.